The molecule has 0 spiro atoms. The van der Waals surface area contributed by atoms with Crippen molar-refractivity contribution in [2.24, 2.45) is 0 Å². The van der Waals surface area contributed by atoms with Gasteiger partial charge in [0.2, 0.25) is 0 Å². The lowest BCUT2D eigenvalue weighted by Gasteiger charge is -2.16. The maximum Gasteiger partial charge on any atom is 0.118 e. The number of aromatic nitrogens is 2. The monoisotopic (exact) mass is 614 g/mol. The van der Waals surface area contributed by atoms with Crippen molar-refractivity contribution in [3.8, 4) is 28.3 Å². The van der Waals surface area contributed by atoms with Crippen LogP contribution in [0.5, 0.6) is 5.75 Å². The van der Waals surface area contributed by atoms with E-state index in [0.717, 1.165) is 22.7 Å². The Morgan fingerprint density at radius 1 is 0.375 bits per heavy atom. The van der Waals surface area contributed by atoms with Gasteiger partial charge in [0, 0.05) is 32.9 Å². The number of hydrogen-bond acceptors (Lipinski definition) is 1. The highest BCUT2D eigenvalue weighted by molar-refractivity contribution is 6.21. The predicted octanol–water partition coefficient (Wildman–Crippen LogP) is 11.9. The van der Waals surface area contributed by atoms with Gasteiger partial charge in [-0.3, -0.25) is 0 Å². The van der Waals surface area contributed by atoms with E-state index >= 15 is 0 Å². The minimum absolute atomic E-state index is 0.852. The predicted molar refractivity (Wildman–Crippen MR) is 202 cm³/mol. The summed E-state index contributed by atoms with van der Waals surface area (Å²) in [7, 11) is 1.72. The molecule has 0 bridgehead atoms. The van der Waals surface area contributed by atoms with Crippen molar-refractivity contribution >= 4 is 65.2 Å². The van der Waals surface area contributed by atoms with E-state index in [1.54, 1.807) is 7.11 Å². The van der Waals surface area contributed by atoms with E-state index in [1.165, 1.54) is 70.7 Å². The number of para-hydroxylation sites is 4. The highest BCUT2D eigenvalue weighted by Gasteiger charge is 2.18. The Kier molecular flexibility index (Phi) is 5.79. The molecule has 0 N–H and O–H groups in total. The molecule has 10 rings (SSSR count). The van der Waals surface area contributed by atoms with Gasteiger partial charge >= 0.3 is 0 Å². The third kappa shape index (κ3) is 3.88. The van der Waals surface area contributed by atoms with E-state index in [2.05, 4.69) is 173 Å². The molecule has 0 amide bonds. The Bertz CT molecular complexity index is 2800. The molecule has 48 heavy (non-hydrogen) atoms. The first-order chi connectivity index (χ1) is 23.8. The van der Waals surface area contributed by atoms with Crippen LogP contribution in [0.25, 0.3) is 87.7 Å². The molecule has 3 heteroatoms. The quantitative estimate of drug-likeness (QED) is 0.181. The number of methoxy groups -OCH3 is 1. The molecule has 0 aliphatic rings. The van der Waals surface area contributed by atoms with Crippen molar-refractivity contribution < 1.29 is 4.74 Å². The molecule has 0 unspecified atom stereocenters. The molecular formula is C45H30N2O. The molecule has 2 aromatic heterocycles. The number of nitrogens with zero attached hydrogens (tertiary/aromatic N) is 2. The summed E-state index contributed by atoms with van der Waals surface area (Å²) < 4.78 is 10.3. The molecule has 0 atom stereocenters. The first kappa shape index (κ1) is 26.9. The average molecular weight is 615 g/mol. The van der Waals surface area contributed by atoms with E-state index in [0.29, 0.717) is 0 Å². The van der Waals surface area contributed by atoms with Crippen molar-refractivity contribution in [3.63, 3.8) is 0 Å². The van der Waals surface area contributed by atoms with E-state index in [9.17, 15) is 0 Å². The van der Waals surface area contributed by atoms with Crippen LogP contribution in [0.15, 0.2) is 164 Å². The Morgan fingerprint density at radius 3 is 1.60 bits per heavy atom. The largest absolute Gasteiger partial charge is 0.497 e. The third-order valence-electron chi connectivity index (χ3n) is 9.98. The zero-order chi connectivity index (χ0) is 31.8. The molecule has 2 heterocycles. The number of fused-ring (bicyclic) bond motifs is 9. The van der Waals surface area contributed by atoms with Crippen LogP contribution in [0.2, 0.25) is 0 Å². The summed E-state index contributed by atoms with van der Waals surface area (Å²) >= 11 is 0. The van der Waals surface area contributed by atoms with Crippen molar-refractivity contribution in [1.82, 2.24) is 9.13 Å². The van der Waals surface area contributed by atoms with Gasteiger partial charge in [0.25, 0.3) is 0 Å². The summed E-state index contributed by atoms with van der Waals surface area (Å²) in [6.45, 7) is 0. The van der Waals surface area contributed by atoms with E-state index < -0.39 is 0 Å². The molecule has 10 aromatic rings. The van der Waals surface area contributed by atoms with Gasteiger partial charge in [0.05, 0.1) is 29.2 Å². The smallest absolute Gasteiger partial charge is 0.118 e. The summed E-state index contributed by atoms with van der Waals surface area (Å²) in [6, 6.07) is 59.5. The summed E-state index contributed by atoms with van der Waals surface area (Å²) in [4.78, 5) is 0. The van der Waals surface area contributed by atoms with Gasteiger partial charge in [0.1, 0.15) is 5.75 Å². The van der Waals surface area contributed by atoms with E-state index in [4.69, 9.17) is 4.74 Å². The van der Waals surface area contributed by atoms with Gasteiger partial charge < -0.3 is 13.9 Å². The van der Waals surface area contributed by atoms with E-state index in [-0.39, 0.29) is 0 Å². The zero-order valence-corrected chi connectivity index (χ0v) is 26.4. The summed E-state index contributed by atoms with van der Waals surface area (Å²) in [5.41, 5.74) is 9.51. The molecule has 0 saturated heterocycles. The van der Waals surface area contributed by atoms with Gasteiger partial charge in [-0.15, -0.1) is 0 Å². The van der Waals surface area contributed by atoms with Crippen LogP contribution in [-0.4, -0.2) is 16.2 Å². The van der Waals surface area contributed by atoms with Crippen LogP contribution in [0.4, 0.5) is 0 Å². The second-order valence-corrected chi connectivity index (χ2v) is 12.5. The van der Waals surface area contributed by atoms with Gasteiger partial charge in [-0.2, -0.15) is 0 Å². The van der Waals surface area contributed by atoms with Crippen LogP contribution < -0.4 is 4.74 Å². The van der Waals surface area contributed by atoms with Crippen molar-refractivity contribution in [2.75, 3.05) is 7.11 Å². The topological polar surface area (TPSA) is 19.1 Å². The minimum atomic E-state index is 0.852. The first-order valence-corrected chi connectivity index (χ1v) is 16.4. The molecule has 0 aliphatic carbocycles. The third-order valence-corrected chi connectivity index (χ3v) is 9.98. The summed E-state index contributed by atoms with van der Waals surface area (Å²) in [6.07, 6.45) is 0. The van der Waals surface area contributed by atoms with Crippen LogP contribution in [0.1, 0.15) is 0 Å². The lowest BCUT2D eigenvalue weighted by Crippen LogP contribution is -1.95. The Labute approximate surface area is 277 Å². The van der Waals surface area contributed by atoms with Gasteiger partial charge in [-0.1, -0.05) is 91.0 Å². The molecule has 0 aliphatic heterocycles. The second kappa shape index (κ2) is 10.3. The molecule has 8 aromatic carbocycles. The van der Waals surface area contributed by atoms with Crippen LogP contribution in [0, 0.1) is 0 Å². The zero-order valence-electron chi connectivity index (χ0n) is 26.4. The average Bonchev–Trinajstić information content (AvgIpc) is 3.66. The number of rotatable bonds is 4. The highest BCUT2D eigenvalue weighted by Crippen LogP contribution is 2.42. The van der Waals surface area contributed by atoms with Gasteiger partial charge in [-0.25, -0.2) is 0 Å². The first-order valence-electron chi connectivity index (χ1n) is 16.4. The number of benzene rings is 8. The molecule has 3 nitrogen and oxygen atoms in total. The molecular weight excluding hydrogens is 585 g/mol. The Hall–Kier alpha value is -6.32. The summed E-state index contributed by atoms with van der Waals surface area (Å²) in [5.74, 6) is 0.852. The van der Waals surface area contributed by atoms with E-state index in [1.807, 2.05) is 0 Å². The van der Waals surface area contributed by atoms with Crippen LogP contribution in [-0.2, 0) is 0 Å². The molecule has 0 saturated carbocycles. The standard InChI is InChI=1S/C45H30N2O/c1-48-33-22-19-29(20-23-33)38-25-30-26-41-37-15-7-10-18-44(37)46(31-11-3-2-4-12-31)45(41)28-39(30)34-24-21-32(27-40(34)38)47-42-16-8-5-13-35(42)36-14-6-9-17-43(36)47/h2-28H,1H3. The lowest BCUT2D eigenvalue weighted by molar-refractivity contribution is 0.415. The fourth-order valence-corrected chi connectivity index (χ4v) is 7.81. The van der Waals surface area contributed by atoms with Crippen LogP contribution >= 0.6 is 0 Å². The highest BCUT2D eigenvalue weighted by atomic mass is 16.5. The fourth-order valence-electron chi connectivity index (χ4n) is 7.81. The molecule has 0 radical (unpaired) electrons. The van der Waals surface area contributed by atoms with Crippen molar-refractivity contribution in [3.05, 3.63) is 164 Å². The fraction of sp³-hybridized carbons (Fsp3) is 0.0222. The second-order valence-electron chi connectivity index (χ2n) is 12.5. The SMILES string of the molecule is COc1ccc(-c2cc3cc4c5ccccc5n(-c5ccccc5)c4cc3c3ccc(-n4c5ccccc5c5ccccc54)cc23)cc1. The van der Waals surface area contributed by atoms with Gasteiger partial charge in [0.15, 0.2) is 0 Å². The number of ether oxygens (including phenoxy) is 1. The van der Waals surface area contributed by atoms with Crippen LogP contribution in [0.3, 0.4) is 0 Å². The Morgan fingerprint density at radius 2 is 0.958 bits per heavy atom. The van der Waals surface area contributed by atoms with Gasteiger partial charge in [-0.05, 0) is 105 Å². The summed E-state index contributed by atoms with van der Waals surface area (Å²) in [5, 5.41) is 9.94. The van der Waals surface area contributed by atoms with Crippen molar-refractivity contribution in [2.45, 2.75) is 0 Å². The molecule has 0 fully saturated rings. The Balaban J connectivity index is 1.32. The maximum atomic E-state index is 5.53. The minimum Gasteiger partial charge on any atom is -0.497 e. The van der Waals surface area contributed by atoms with Crippen molar-refractivity contribution in [1.29, 1.82) is 0 Å². The normalized spacial score (nSPS) is 11.9. The maximum absolute atomic E-state index is 5.53. The number of hydrogen-bond donors (Lipinski definition) is 0. The lowest BCUT2D eigenvalue weighted by atomic mass is 9.92. The molecule has 226 valence electrons.